The Morgan fingerprint density at radius 1 is 0.162 bits per heavy atom. The molecule has 148 heavy (non-hydrogen) atoms. The van der Waals surface area contributed by atoms with Crippen LogP contribution in [0.1, 0.15) is 15.2 Å². The van der Waals surface area contributed by atoms with Gasteiger partial charge in [-0.05, 0) is 224 Å². The largest absolute Gasteiger partial charge is 3.00 e. The van der Waals surface area contributed by atoms with E-state index in [2.05, 4.69) is 365 Å². The molecule has 0 bridgehead atoms. The average molecular weight is 2250 g/mol. The first-order valence-electron chi connectivity index (χ1n) is 50.4. The number of nitrogens with zero attached hydrogens (tertiary/aromatic N) is 6. The number of hydrogen-bond donors (Lipinski definition) is 0. The first-order valence-corrected chi connectivity index (χ1v) is 48.9. The van der Waals surface area contributed by atoms with Gasteiger partial charge in [0.1, 0.15) is 0 Å². The van der Waals surface area contributed by atoms with Crippen molar-refractivity contribution in [3.63, 3.8) is 0 Å². The summed E-state index contributed by atoms with van der Waals surface area (Å²) < 4.78 is 26.0. The molecule has 0 aliphatic carbocycles. The third-order valence-corrected chi connectivity index (χ3v) is 26.9. The fourth-order valence-corrected chi connectivity index (χ4v) is 19.8. The molecule has 24 aromatic rings. The van der Waals surface area contributed by atoms with Crippen molar-refractivity contribution < 1.29 is 44.3 Å². The summed E-state index contributed by atoms with van der Waals surface area (Å²) in [7, 11) is 0. The Kier molecular flexibility index (Phi) is 27.9. The fraction of sp³-hybridized carbons (Fsp3) is 0.0143. The van der Waals surface area contributed by atoms with Gasteiger partial charge in [0.15, 0.2) is 0 Å². The normalized spacial score (nSPS) is 11.3. The Bertz CT molecular complexity index is 8610. The molecule has 700 valence electrons. The van der Waals surface area contributed by atoms with Crippen LogP contribution in [0.5, 0.6) is 0 Å². The monoisotopic (exact) mass is 2250 g/mol. The fourth-order valence-electron chi connectivity index (χ4n) is 19.8. The van der Waals surface area contributed by atoms with Crippen LogP contribution in [0.2, 0.25) is 0 Å². The first kappa shape index (κ1) is 92.6. The van der Waals surface area contributed by atoms with Gasteiger partial charge in [0.2, 0.25) is 0 Å². The van der Waals surface area contributed by atoms with Gasteiger partial charge in [-0.15, -0.1) is 179 Å². The summed E-state index contributed by atoms with van der Waals surface area (Å²) in [6.07, 6.45) is 11.3. The van der Waals surface area contributed by atoms with Crippen LogP contribution in [0.25, 0.3) is 246 Å². The molecule has 18 aromatic carbocycles. The van der Waals surface area contributed by atoms with E-state index in [1.165, 1.54) is 0 Å². The summed E-state index contributed by atoms with van der Waals surface area (Å²) in [5, 5.41) is 0. The first-order chi connectivity index (χ1) is 73.4. The van der Waals surface area contributed by atoms with E-state index in [0.717, 1.165) is 234 Å². The van der Waals surface area contributed by atoms with Crippen molar-refractivity contribution in [3.05, 3.63) is 570 Å². The second-order valence-electron chi connectivity index (χ2n) is 36.0. The molecule has 0 spiro atoms. The van der Waals surface area contributed by atoms with Crippen LogP contribution < -0.4 is 0 Å². The number of hydrogen-bond acceptors (Lipinski definition) is 6. The number of aryl methyl sites for hydroxylation is 2. The van der Waals surface area contributed by atoms with Crippen molar-refractivity contribution in [1.82, 2.24) is 29.9 Å². The average Bonchev–Trinajstić information content (AvgIpc) is 0.758. The molecule has 0 fully saturated rings. The molecule has 0 saturated carbocycles. The Morgan fingerprint density at radius 2 is 0.419 bits per heavy atom. The number of aromatic nitrogens is 6. The standard InChI is InChI=1S/C82H54N3.C58H38N3.2Ir/c1-56-48-82(85-55-79(56)60-30-12-5-13-31-60)63-42-45-75(78(54-63)59-28-10-4-11-29-59)72-37-19-16-34-69(72)66-50-64(67-32-14-17-35-70(67)73-43-40-61(80-38-20-22-46-83-80)52-76(73)57-24-6-2-7-25-57)49-65(51-66)68-33-15-18-36-71(68)74-44-41-62(81-39-21-23-47-84-81)53-77(74)58-26-8-3-9-27-58;1-40-33-58(43-21-9-4-10-22-43)61-39-55(40)54-28-16-15-27-53(54)48-35-46(51-25-13-11-23-49(51)44-29-31-56(59-37-44)41-17-5-2-6-18-41)34-47(36-48)52-26-14-12-24-50(52)45-30-32-57(60-38-45)42-19-7-3-8-20-42;;/h2-39,43-55H,1H3;2-17,19,21,23-39H,1H3;;/q2*-3;2*+3/i1D3;;;. The van der Waals surface area contributed by atoms with Gasteiger partial charge in [-0.1, -0.05) is 378 Å². The maximum absolute atomic E-state index is 8.65. The Hall–Kier alpha value is -17.8. The van der Waals surface area contributed by atoms with Crippen molar-refractivity contribution >= 4 is 0 Å². The zero-order chi connectivity index (χ0) is 100. The molecule has 0 aliphatic heterocycles. The van der Waals surface area contributed by atoms with Gasteiger partial charge in [-0.3, -0.25) is 0 Å². The van der Waals surface area contributed by atoms with E-state index in [-0.39, 0.29) is 45.8 Å². The molecular formula is C140H92Ir2N6. The van der Waals surface area contributed by atoms with Gasteiger partial charge in [0.05, 0.1) is 0 Å². The molecule has 6 aromatic heterocycles. The van der Waals surface area contributed by atoms with E-state index in [9.17, 15) is 0 Å². The van der Waals surface area contributed by atoms with Crippen LogP contribution in [0.3, 0.4) is 0 Å². The molecule has 0 N–H and O–H groups in total. The molecule has 6 nitrogen and oxygen atoms in total. The summed E-state index contributed by atoms with van der Waals surface area (Å²) in [5.41, 5.74) is 44.9. The maximum atomic E-state index is 8.65. The van der Waals surface area contributed by atoms with Crippen molar-refractivity contribution in [1.29, 1.82) is 0 Å². The zero-order valence-corrected chi connectivity index (χ0v) is 85.3. The molecular weight excluding hydrogens is 2150 g/mol. The van der Waals surface area contributed by atoms with Gasteiger partial charge in [-0.2, -0.15) is 0 Å². The summed E-state index contributed by atoms with van der Waals surface area (Å²) in [4.78, 5) is 29.1. The quantitative estimate of drug-likeness (QED) is 0.0629. The number of rotatable bonds is 22. The van der Waals surface area contributed by atoms with E-state index in [1.54, 1.807) is 12.3 Å². The molecule has 0 amide bonds. The minimum atomic E-state index is -2.39. The van der Waals surface area contributed by atoms with Gasteiger partial charge < -0.3 is 29.9 Å². The van der Waals surface area contributed by atoms with Crippen molar-refractivity contribution in [2.24, 2.45) is 0 Å². The van der Waals surface area contributed by atoms with Crippen LogP contribution in [0.4, 0.5) is 0 Å². The summed E-state index contributed by atoms with van der Waals surface area (Å²) in [6, 6.07) is 189. The third kappa shape index (κ3) is 20.6. The molecule has 0 saturated heterocycles. The Labute approximate surface area is 896 Å². The molecule has 0 aliphatic rings. The van der Waals surface area contributed by atoms with Crippen LogP contribution in [-0.4, -0.2) is 29.9 Å². The van der Waals surface area contributed by atoms with E-state index >= 15 is 0 Å². The number of pyridine rings is 6. The van der Waals surface area contributed by atoms with E-state index in [4.69, 9.17) is 34.0 Å². The third-order valence-electron chi connectivity index (χ3n) is 26.9. The second kappa shape index (κ2) is 44.6. The Morgan fingerprint density at radius 3 is 0.723 bits per heavy atom. The summed E-state index contributed by atoms with van der Waals surface area (Å²) in [6.45, 7) is -0.224. The smallest absolute Gasteiger partial charge is 0.305 e. The molecule has 0 radical (unpaired) electrons. The summed E-state index contributed by atoms with van der Waals surface area (Å²) in [5.74, 6) is 0. The molecule has 8 heteroatoms. The van der Waals surface area contributed by atoms with Crippen LogP contribution >= 0.6 is 0 Å². The van der Waals surface area contributed by atoms with Crippen molar-refractivity contribution in [2.45, 2.75) is 13.8 Å². The molecule has 0 atom stereocenters. The summed E-state index contributed by atoms with van der Waals surface area (Å²) >= 11 is 0. The topological polar surface area (TPSA) is 77.3 Å². The molecule has 24 rings (SSSR count). The van der Waals surface area contributed by atoms with Gasteiger partial charge in [0, 0.05) is 52.4 Å². The van der Waals surface area contributed by atoms with E-state index in [1.807, 2.05) is 189 Å². The van der Waals surface area contributed by atoms with E-state index < -0.39 is 6.85 Å². The van der Waals surface area contributed by atoms with E-state index in [0.29, 0.717) is 16.8 Å². The van der Waals surface area contributed by atoms with Gasteiger partial charge in [0.25, 0.3) is 0 Å². The van der Waals surface area contributed by atoms with Crippen LogP contribution in [-0.2, 0) is 40.2 Å². The minimum Gasteiger partial charge on any atom is -0.305 e. The predicted octanol–water partition coefficient (Wildman–Crippen LogP) is 35.8. The maximum Gasteiger partial charge on any atom is 3.00 e. The van der Waals surface area contributed by atoms with Crippen molar-refractivity contribution in [2.75, 3.05) is 0 Å². The number of benzene rings is 18. The van der Waals surface area contributed by atoms with Crippen LogP contribution in [0.15, 0.2) is 522 Å². The van der Waals surface area contributed by atoms with Crippen LogP contribution in [0, 0.1) is 50.2 Å². The molecule has 6 heterocycles. The predicted molar refractivity (Wildman–Crippen MR) is 602 cm³/mol. The SMILES string of the molecule is Cc1cc(-c2[c-]cccc2)ncc1-c1ccccc1-c1cc(-c2ccccc2-c2ccc(-c3[c-]cccc3)nc2)cc(-c2ccccc2-c2ccc(-c3[c-]cccc3)nc2)c1.[2H]C([2H])([2H])c1cc(-c2[c-]cc(-c3ccccc3-c3cc(-c4ccccc4-c4c[c-]c(-c5ccccn5)cc4-c4ccccc4)cc(-c4ccccc4-c4c[c-]c(-c5ccccn5)cc4-c4ccccc4)c3)c(-c3ccccc3)c2)ncc1-c1ccccc1.[Ir+3].[Ir+3]. The second-order valence-corrected chi connectivity index (χ2v) is 36.0. The van der Waals surface area contributed by atoms with Crippen molar-refractivity contribution in [3.8, 4) is 246 Å². The Balaban J connectivity index is 0.000000185. The zero-order valence-electron chi connectivity index (χ0n) is 83.5. The molecule has 0 unspecified atom stereocenters. The van der Waals surface area contributed by atoms with Gasteiger partial charge in [-0.25, -0.2) is 0 Å². The van der Waals surface area contributed by atoms with Gasteiger partial charge >= 0.3 is 40.2 Å². The minimum absolute atomic E-state index is 0.